The van der Waals surface area contributed by atoms with E-state index in [-0.39, 0.29) is 34.0 Å². The zero-order chi connectivity index (χ0) is 15.6. The van der Waals surface area contributed by atoms with E-state index in [9.17, 15) is 18.5 Å². The van der Waals surface area contributed by atoms with Gasteiger partial charge in [0, 0.05) is 25.8 Å². The summed E-state index contributed by atoms with van der Waals surface area (Å²) in [6, 6.07) is 1.01. The van der Waals surface area contributed by atoms with Gasteiger partial charge in [-0.15, -0.1) is 0 Å². The fraction of sp³-hybridized carbons (Fsp3) is 0.600. The number of rotatable bonds is 5. The number of sulfonamides is 1. The molecule has 0 radical (unpaired) electrons. The first-order valence-electron chi connectivity index (χ1n) is 6.26. The number of aliphatic hydroxyl groups excluding tert-OH is 1. The zero-order valence-corrected chi connectivity index (χ0v) is 12.7. The Balaban J connectivity index is 2.33. The standard InChI is InChI=1S/C10H16N4O5S2/c11-12-10-8(14(16)17)4-9(20-10)21(18,19)13-3-1-2-7(5-13)6-15/h4,7,12,15H,1-3,5-6,11H2. The molecule has 2 heterocycles. The lowest BCUT2D eigenvalue weighted by molar-refractivity contribution is -0.383. The summed E-state index contributed by atoms with van der Waals surface area (Å²) in [4.78, 5) is 10.2. The van der Waals surface area contributed by atoms with Gasteiger partial charge in [0.15, 0.2) is 5.00 Å². The van der Waals surface area contributed by atoms with Crippen LogP contribution in [-0.2, 0) is 10.0 Å². The number of nitrogens with one attached hydrogen (secondary N) is 1. The summed E-state index contributed by atoms with van der Waals surface area (Å²) in [5.41, 5.74) is 1.78. The molecule has 1 aliphatic heterocycles. The van der Waals surface area contributed by atoms with E-state index in [0.29, 0.717) is 13.0 Å². The summed E-state index contributed by atoms with van der Waals surface area (Å²) < 4.78 is 26.2. The summed E-state index contributed by atoms with van der Waals surface area (Å²) in [5.74, 6) is 5.08. The van der Waals surface area contributed by atoms with Gasteiger partial charge in [0.25, 0.3) is 10.0 Å². The molecule has 1 aromatic heterocycles. The first-order chi connectivity index (χ1) is 9.90. The average Bonchev–Trinajstić information content (AvgIpc) is 2.92. The summed E-state index contributed by atoms with van der Waals surface area (Å²) in [6.07, 6.45) is 1.42. The van der Waals surface area contributed by atoms with E-state index >= 15 is 0 Å². The van der Waals surface area contributed by atoms with Crippen LogP contribution in [0.3, 0.4) is 0 Å². The fourth-order valence-electron chi connectivity index (χ4n) is 2.25. The van der Waals surface area contributed by atoms with Crippen LogP contribution in [0, 0.1) is 16.0 Å². The van der Waals surface area contributed by atoms with Gasteiger partial charge in [0.05, 0.1) is 4.92 Å². The summed E-state index contributed by atoms with van der Waals surface area (Å²) in [5, 5.41) is 20.0. The number of aliphatic hydroxyl groups is 1. The van der Waals surface area contributed by atoms with Crippen LogP contribution in [0.2, 0.25) is 0 Å². The lowest BCUT2D eigenvalue weighted by Crippen LogP contribution is -2.40. The Labute approximate surface area is 125 Å². The predicted molar refractivity (Wildman–Crippen MR) is 77.4 cm³/mol. The molecule has 4 N–H and O–H groups in total. The molecule has 2 rings (SSSR count). The second kappa shape index (κ2) is 6.23. The number of nitrogens with zero attached hydrogens (tertiary/aromatic N) is 2. The van der Waals surface area contributed by atoms with Gasteiger partial charge < -0.3 is 10.5 Å². The maximum absolute atomic E-state index is 12.5. The van der Waals surface area contributed by atoms with Gasteiger partial charge in [-0.1, -0.05) is 11.3 Å². The molecule has 1 aliphatic rings. The Kier molecular flexibility index (Phi) is 4.78. The third-order valence-corrected chi connectivity index (χ3v) is 6.72. The van der Waals surface area contributed by atoms with E-state index in [2.05, 4.69) is 5.43 Å². The van der Waals surface area contributed by atoms with Gasteiger partial charge in [-0.2, -0.15) is 4.31 Å². The number of hydrogen-bond donors (Lipinski definition) is 3. The molecule has 0 amide bonds. The van der Waals surface area contributed by atoms with Gasteiger partial charge >= 0.3 is 5.69 Å². The number of piperidine rings is 1. The smallest absolute Gasteiger partial charge is 0.306 e. The second-order valence-electron chi connectivity index (χ2n) is 4.74. The van der Waals surface area contributed by atoms with Crippen molar-refractivity contribution in [2.45, 2.75) is 17.1 Å². The fourth-order valence-corrected chi connectivity index (χ4v) is 5.19. The van der Waals surface area contributed by atoms with Gasteiger partial charge in [0.1, 0.15) is 4.21 Å². The molecule has 21 heavy (non-hydrogen) atoms. The molecule has 11 heteroatoms. The Hall–Kier alpha value is -1.27. The molecule has 0 aliphatic carbocycles. The van der Waals surface area contributed by atoms with Crippen molar-refractivity contribution in [2.75, 3.05) is 25.1 Å². The van der Waals surface area contributed by atoms with Crippen LogP contribution in [-0.4, -0.2) is 42.4 Å². The number of hydrazine groups is 1. The van der Waals surface area contributed by atoms with E-state index in [1.54, 1.807) is 0 Å². The van der Waals surface area contributed by atoms with E-state index in [1.165, 1.54) is 4.31 Å². The van der Waals surface area contributed by atoms with E-state index in [1.807, 2.05) is 0 Å². The first kappa shape index (κ1) is 16.1. The predicted octanol–water partition coefficient (Wildman–Crippen LogP) is 0.335. The molecular weight excluding hydrogens is 320 g/mol. The Morgan fingerprint density at radius 1 is 1.62 bits per heavy atom. The number of anilines is 1. The Bertz CT molecular complexity index is 629. The summed E-state index contributed by atoms with van der Waals surface area (Å²) in [6.45, 7) is 0.484. The number of nitrogen functional groups attached to an aromatic ring is 1. The highest BCUT2D eigenvalue weighted by atomic mass is 32.2. The van der Waals surface area contributed by atoms with E-state index in [0.717, 1.165) is 23.8 Å². The number of thiophene rings is 1. The van der Waals surface area contributed by atoms with Gasteiger partial charge in [-0.25, -0.2) is 14.3 Å². The van der Waals surface area contributed by atoms with Gasteiger partial charge in [-0.3, -0.25) is 10.1 Å². The van der Waals surface area contributed by atoms with Crippen LogP contribution in [0.4, 0.5) is 10.7 Å². The highest BCUT2D eigenvalue weighted by molar-refractivity contribution is 7.91. The minimum absolute atomic E-state index is 0.00528. The topological polar surface area (TPSA) is 139 Å². The molecule has 1 aromatic rings. The highest BCUT2D eigenvalue weighted by Gasteiger charge is 2.33. The van der Waals surface area contributed by atoms with Crippen LogP contribution < -0.4 is 11.3 Å². The SMILES string of the molecule is NNc1sc(S(=O)(=O)N2CCCC(CO)C2)cc1[N+](=O)[O-]. The second-order valence-corrected chi connectivity index (χ2v) is 7.95. The van der Waals surface area contributed by atoms with Crippen molar-refractivity contribution in [1.82, 2.24) is 4.31 Å². The van der Waals surface area contributed by atoms with Gasteiger partial charge in [0.2, 0.25) is 0 Å². The van der Waals surface area contributed by atoms with Crippen molar-refractivity contribution in [3.8, 4) is 0 Å². The first-order valence-corrected chi connectivity index (χ1v) is 8.51. The normalized spacial score (nSPS) is 20.4. The summed E-state index contributed by atoms with van der Waals surface area (Å²) in [7, 11) is -3.81. The van der Waals surface area contributed by atoms with Crippen molar-refractivity contribution in [2.24, 2.45) is 11.8 Å². The zero-order valence-electron chi connectivity index (χ0n) is 11.1. The Morgan fingerprint density at radius 2 is 2.33 bits per heavy atom. The van der Waals surface area contributed by atoms with Crippen LogP contribution >= 0.6 is 11.3 Å². The lowest BCUT2D eigenvalue weighted by Gasteiger charge is -2.30. The molecule has 0 bridgehead atoms. The maximum Gasteiger partial charge on any atom is 0.306 e. The maximum atomic E-state index is 12.5. The average molecular weight is 336 g/mol. The molecule has 1 unspecified atom stereocenters. The van der Waals surface area contributed by atoms with Crippen LogP contribution in [0.15, 0.2) is 10.3 Å². The minimum Gasteiger partial charge on any atom is -0.396 e. The molecule has 0 saturated carbocycles. The lowest BCUT2D eigenvalue weighted by atomic mass is 10.0. The molecule has 1 fully saturated rings. The van der Waals surface area contributed by atoms with E-state index in [4.69, 9.17) is 10.9 Å². The third-order valence-electron chi connectivity index (χ3n) is 3.35. The minimum atomic E-state index is -3.81. The van der Waals surface area contributed by atoms with Crippen molar-refractivity contribution >= 4 is 32.0 Å². The van der Waals surface area contributed by atoms with Crippen molar-refractivity contribution in [1.29, 1.82) is 0 Å². The molecule has 0 aromatic carbocycles. The van der Waals surface area contributed by atoms with Crippen LogP contribution in [0.1, 0.15) is 12.8 Å². The molecule has 1 saturated heterocycles. The largest absolute Gasteiger partial charge is 0.396 e. The molecule has 118 valence electrons. The van der Waals surface area contributed by atoms with Crippen LogP contribution in [0.25, 0.3) is 0 Å². The number of nitrogens with two attached hydrogens (primary N) is 1. The summed E-state index contributed by atoms with van der Waals surface area (Å²) >= 11 is 0.727. The van der Waals surface area contributed by atoms with Crippen molar-refractivity contribution < 1.29 is 18.4 Å². The third kappa shape index (κ3) is 3.16. The molecule has 0 spiro atoms. The van der Waals surface area contributed by atoms with E-state index < -0.39 is 14.9 Å². The molecule has 9 nitrogen and oxygen atoms in total. The van der Waals surface area contributed by atoms with Crippen molar-refractivity contribution in [3.63, 3.8) is 0 Å². The van der Waals surface area contributed by atoms with Crippen molar-refractivity contribution in [3.05, 3.63) is 16.2 Å². The number of hydrogen-bond acceptors (Lipinski definition) is 8. The van der Waals surface area contributed by atoms with Gasteiger partial charge in [-0.05, 0) is 18.8 Å². The highest BCUT2D eigenvalue weighted by Crippen LogP contribution is 2.38. The monoisotopic (exact) mass is 336 g/mol. The molecule has 1 atom stereocenters. The Morgan fingerprint density at radius 3 is 2.86 bits per heavy atom. The quantitative estimate of drug-likeness (QED) is 0.400. The van der Waals surface area contributed by atoms with Crippen LogP contribution in [0.5, 0.6) is 0 Å². The number of nitro groups is 1. The molecular formula is C10H16N4O5S2.